The molecule has 2 aromatic heterocycles. The van der Waals surface area contributed by atoms with E-state index in [-0.39, 0.29) is 0 Å². The van der Waals surface area contributed by atoms with Gasteiger partial charge in [-0.15, -0.1) is 0 Å². The van der Waals surface area contributed by atoms with Gasteiger partial charge in [-0.3, -0.25) is 9.97 Å². The van der Waals surface area contributed by atoms with E-state index in [4.69, 9.17) is 0 Å². The first kappa shape index (κ1) is 20.1. The Bertz CT molecular complexity index is 725. The molecule has 2 nitrogen and oxygen atoms in total. The minimum atomic E-state index is 0.709. The predicted octanol–water partition coefficient (Wildman–Crippen LogP) is 6.66. The normalized spacial score (nSPS) is 15.1. The average Bonchev–Trinajstić information content (AvgIpc) is 3.06. The third-order valence-corrected chi connectivity index (χ3v) is 4.32. The van der Waals surface area contributed by atoms with Crippen molar-refractivity contribution in [2.45, 2.75) is 53.4 Å². The highest BCUT2D eigenvalue weighted by Crippen LogP contribution is 2.36. The average molecular weight is 349 g/mol. The summed E-state index contributed by atoms with van der Waals surface area (Å²) in [5, 5.41) is 1.20. The van der Waals surface area contributed by atoms with Gasteiger partial charge in [0.2, 0.25) is 0 Å². The highest BCUT2D eigenvalue weighted by atomic mass is 14.7. The van der Waals surface area contributed by atoms with Crippen molar-refractivity contribution in [3.05, 3.63) is 72.2 Å². The van der Waals surface area contributed by atoms with Gasteiger partial charge in [0.1, 0.15) is 0 Å². The maximum absolute atomic E-state index is 4.46. The second-order valence-corrected chi connectivity index (χ2v) is 7.87. The van der Waals surface area contributed by atoms with Gasteiger partial charge >= 0.3 is 0 Å². The van der Waals surface area contributed by atoms with Crippen LogP contribution in [0.15, 0.2) is 60.9 Å². The molecular weight excluding hydrogens is 316 g/mol. The zero-order valence-corrected chi connectivity index (χ0v) is 16.8. The van der Waals surface area contributed by atoms with Crippen LogP contribution in [0.25, 0.3) is 10.9 Å². The number of rotatable bonds is 1. The van der Waals surface area contributed by atoms with Crippen LogP contribution >= 0.6 is 0 Å². The van der Waals surface area contributed by atoms with Crippen LogP contribution in [-0.4, -0.2) is 9.97 Å². The first-order chi connectivity index (χ1) is 12.5. The molecular formula is C24H32N2. The summed E-state index contributed by atoms with van der Waals surface area (Å²) in [4.78, 5) is 8.64. The Labute approximate surface area is 158 Å². The van der Waals surface area contributed by atoms with Crippen LogP contribution in [-0.2, 0) is 6.42 Å². The monoisotopic (exact) mass is 348 g/mol. The number of aromatic nitrogens is 2. The molecule has 2 heterocycles. The number of benzene rings is 1. The van der Waals surface area contributed by atoms with Crippen molar-refractivity contribution in [1.82, 2.24) is 9.97 Å². The van der Waals surface area contributed by atoms with Crippen LogP contribution < -0.4 is 0 Å². The molecule has 0 spiro atoms. The summed E-state index contributed by atoms with van der Waals surface area (Å²) in [5.41, 5.74) is 3.88. The Morgan fingerprint density at radius 2 is 1.42 bits per heavy atom. The number of nitrogens with zero attached hydrogens (tertiary/aromatic N) is 2. The van der Waals surface area contributed by atoms with E-state index in [1.165, 1.54) is 29.5 Å². The lowest BCUT2D eigenvalue weighted by Crippen LogP contribution is -2.03. The van der Waals surface area contributed by atoms with E-state index >= 15 is 0 Å². The van der Waals surface area contributed by atoms with Gasteiger partial charge in [0, 0.05) is 29.4 Å². The van der Waals surface area contributed by atoms with E-state index in [1.807, 2.05) is 42.7 Å². The van der Waals surface area contributed by atoms with Crippen molar-refractivity contribution in [2.24, 2.45) is 11.8 Å². The second-order valence-electron chi connectivity index (χ2n) is 7.87. The predicted molar refractivity (Wildman–Crippen MR) is 112 cm³/mol. The van der Waals surface area contributed by atoms with Crippen molar-refractivity contribution < 1.29 is 0 Å². The first-order valence-corrected chi connectivity index (χ1v) is 9.72. The van der Waals surface area contributed by atoms with E-state index in [0.29, 0.717) is 5.92 Å². The highest BCUT2D eigenvalue weighted by Gasteiger charge is 2.25. The molecule has 0 fully saturated rings. The standard InChI is InChI=1S/C11H15N.C9H7N.C4H10/c1-8(2)10-6-5-9-4-3-7-12-11(9)10;1-2-6-9-8(4-1)5-3-7-10-9;1-4(2)3/h3-4,7-8,10H,5-6H2,1-2H3;1-7H;4H,1-3H3. The molecule has 0 saturated carbocycles. The zero-order valence-electron chi connectivity index (χ0n) is 16.8. The fourth-order valence-corrected chi connectivity index (χ4v) is 3.11. The van der Waals surface area contributed by atoms with Crippen molar-refractivity contribution >= 4 is 10.9 Å². The van der Waals surface area contributed by atoms with Crippen LogP contribution in [0.1, 0.15) is 58.2 Å². The maximum Gasteiger partial charge on any atom is 0.0701 e. The molecule has 0 saturated heterocycles. The molecule has 3 aromatic rings. The molecule has 1 aliphatic rings. The maximum atomic E-state index is 4.46. The molecule has 4 rings (SSSR count). The summed E-state index contributed by atoms with van der Waals surface area (Å²) in [6, 6.07) is 16.3. The molecule has 26 heavy (non-hydrogen) atoms. The molecule has 1 aromatic carbocycles. The van der Waals surface area contributed by atoms with Gasteiger partial charge in [-0.1, -0.05) is 65.0 Å². The Kier molecular flexibility index (Phi) is 7.77. The second kappa shape index (κ2) is 10.1. The molecule has 0 aliphatic heterocycles. The smallest absolute Gasteiger partial charge is 0.0701 e. The quantitative estimate of drug-likeness (QED) is 0.491. The molecule has 2 heteroatoms. The summed E-state index contributed by atoms with van der Waals surface area (Å²) >= 11 is 0. The lowest BCUT2D eigenvalue weighted by atomic mass is 9.93. The van der Waals surface area contributed by atoms with E-state index in [1.54, 1.807) is 0 Å². The molecule has 1 atom stereocenters. The molecule has 138 valence electrons. The van der Waals surface area contributed by atoms with E-state index in [2.05, 4.69) is 62.8 Å². The van der Waals surface area contributed by atoms with E-state index in [9.17, 15) is 0 Å². The third-order valence-electron chi connectivity index (χ3n) is 4.32. The summed E-state index contributed by atoms with van der Waals surface area (Å²) in [7, 11) is 0. The van der Waals surface area contributed by atoms with E-state index in [0.717, 1.165) is 17.4 Å². The molecule has 0 N–H and O–H groups in total. The van der Waals surface area contributed by atoms with Crippen molar-refractivity contribution in [2.75, 3.05) is 0 Å². The molecule has 1 unspecified atom stereocenters. The molecule has 1 aliphatic carbocycles. The third kappa shape index (κ3) is 5.94. The van der Waals surface area contributed by atoms with Gasteiger partial charge < -0.3 is 0 Å². The molecule has 0 bridgehead atoms. The van der Waals surface area contributed by atoms with Gasteiger partial charge in [0.05, 0.1) is 5.52 Å². The number of hydrogen-bond acceptors (Lipinski definition) is 2. The minimum Gasteiger partial charge on any atom is -0.261 e. The van der Waals surface area contributed by atoms with Crippen LogP contribution in [0.5, 0.6) is 0 Å². The molecule has 0 radical (unpaired) electrons. The minimum absolute atomic E-state index is 0.709. The summed E-state index contributed by atoms with van der Waals surface area (Å²) in [5.74, 6) is 2.28. The zero-order chi connectivity index (χ0) is 18.9. The first-order valence-electron chi connectivity index (χ1n) is 9.72. The summed E-state index contributed by atoms with van der Waals surface area (Å²) in [6.07, 6.45) is 6.25. The topological polar surface area (TPSA) is 25.8 Å². The van der Waals surface area contributed by atoms with Gasteiger partial charge in [-0.2, -0.15) is 0 Å². The lowest BCUT2D eigenvalue weighted by molar-refractivity contribution is 0.487. The fourth-order valence-electron chi connectivity index (χ4n) is 3.11. The van der Waals surface area contributed by atoms with Crippen LogP contribution in [0.4, 0.5) is 0 Å². The number of fused-ring (bicyclic) bond motifs is 2. The summed E-state index contributed by atoms with van der Waals surface area (Å²) in [6.45, 7) is 11.1. The largest absolute Gasteiger partial charge is 0.261 e. The van der Waals surface area contributed by atoms with Crippen LogP contribution in [0.3, 0.4) is 0 Å². The van der Waals surface area contributed by atoms with Crippen molar-refractivity contribution in [1.29, 1.82) is 0 Å². The van der Waals surface area contributed by atoms with E-state index < -0.39 is 0 Å². The van der Waals surface area contributed by atoms with Crippen LogP contribution in [0, 0.1) is 11.8 Å². The van der Waals surface area contributed by atoms with Crippen molar-refractivity contribution in [3.63, 3.8) is 0 Å². The van der Waals surface area contributed by atoms with Gasteiger partial charge in [-0.05, 0) is 48.4 Å². The van der Waals surface area contributed by atoms with Gasteiger partial charge in [0.15, 0.2) is 0 Å². The summed E-state index contributed by atoms with van der Waals surface area (Å²) < 4.78 is 0. The van der Waals surface area contributed by atoms with Gasteiger partial charge in [0.25, 0.3) is 0 Å². The Morgan fingerprint density at radius 1 is 0.808 bits per heavy atom. The van der Waals surface area contributed by atoms with Gasteiger partial charge in [-0.25, -0.2) is 0 Å². The number of pyridine rings is 2. The highest BCUT2D eigenvalue weighted by molar-refractivity contribution is 5.77. The number of para-hydroxylation sites is 1. The Morgan fingerprint density at radius 3 is 2.12 bits per heavy atom. The van der Waals surface area contributed by atoms with Crippen LogP contribution in [0.2, 0.25) is 0 Å². The SMILES string of the molecule is CC(C)C.CC(C)C1CCc2cccnc21.c1ccc2ncccc2c1. The number of hydrogen-bond donors (Lipinski definition) is 0. The fraction of sp³-hybridized carbons (Fsp3) is 0.417. The lowest BCUT2D eigenvalue weighted by Gasteiger charge is -2.13. The number of aryl methyl sites for hydroxylation is 1. The Balaban J connectivity index is 0.000000158. The van der Waals surface area contributed by atoms with Crippen molar-refractivity contribution in [3.8, 4) is 0 Å². The Hall–Kier alpha value is -2.22. The molecule has 0 amide bonds.